The largest absolute Gasteiger partial charge is 0.358 e. The predicted octanol–water partition coefficient (Wildman–Crippen LogP) is 0.378. The molecule has 0 atom stereocenters. The zero-order valence-corrected chi connectivity index (χ0v) is 12.4. The van der Waals surface area contributed by atoms with Crippen LogP contribution in [0.3, 0.4) is 0 Å². The minimum Gasteiger partial charge on any atom is -0.358 e. The van der Waals surface area contributed by atoms with Gasteiger partial charge in [-0.2, -0.15) is 0 Å². The average Bonchev–Trinajstić information content (AvgIpc) is 2.49. The molecule has 0 saturated carbocycles. The summed E-state index contributed by atoms with van der Waals surface area (Å²) >= 11 is 5.84. The molecule has 2 heterocycles. The van der Waals surface area contributed by atoms with Crippen LogP contribution in [0.4, 0.5) is 4.39 Å². The zero-order chi connectivity index (χ0) is 15.4. The highest BCUT2D eigenvalue weighted by atomic mass is 35.5. The van der Waals surface area contributed by atoms with Crippen molar-refractivity contribution in [2.24, 2.45) is 0 Å². The highest BCUT2D eigenvalue weighted by Crippen LogP contribution is 2.17. The molecule has 21 heavy (non-hydrogen) atoms. The van der Waals surface area contributed by atoms with Gasteiger partial charge in [0.1, 0.15) is 11.0 Å². The maximum Gasteiger partial charge on any atom is 0.257 e. The lowest BCUT2D eigenvalue weighted by atomic mass is 10.2. The Kier molecular flexibility index (Phi) is 5.08. The van der Waals surface area contributed by atoms with E-state index in [0.29, 0.717) is 32.7 Å². The Balaban J connectivity index is 1.97. The first-order chi connectivity index (χ1) is 10.0. The standard InChI is InChI=1S/C13H16ClFN4O2/c1-16-11(20)8-18-2-4-19(5-3-18)13(21)10-6-9(15)7-17-12(10)14/h6-7H,2-5,8H2,1H3,(H,16,20). The van der Waals surface area contributed by atoms with Gasteiger partial charge in [0.15, 0.2) is 0 Å². The van der Waals surface area contributed by atoms with Gasteiger partial charge in [-0.3, -0.25) is 14.5 Å². The van der Waals surface area contributed by atoms with Crippen LogP contribution in [0.25, 0.3) is 0 Å². The van der Waals surface area contributed by atoms with E-state index in [2.05, 4.69) is 10.3 Å². The molecule has 1 aromatic rings. The monoisotopic (exact) mass is 314 g/mol. The molecule has 1 saturated heterocycles. The summed E-state index contributed by atoms with van der Waals surface area (Å²) in [6.07, 6.45) is 0.973. The fraction of sp³-hybridized carbons (Fsp3) is 0.462. The summed E-state index contributed by atoms with van der Waals surface area (Å²) in [4.78, 5) is 30.8. The third-order valence-corrected chi connectivity index (χ3v) is 3.64. The maximum absolute atomic E-state index is 13.2. The van der Waals surface area contributed by atoms with Crippen LogP contribution in [0, 0.1) is 5.82 Å². The van der Waals surface area contributed by atoms with Crippen LogP contribution in [0.2, 0.25) is 5.15 Å². The Morgan fingerprint density at radius 1 is 1.38 bits per heavy atom. The normalized spacial score (nSPS) is 15.9. The van der Waals surface area contributed by atoms with Crippen molar-refractivity contribution in [2.75, 3.05) is 39.8 Å². The average molecular weight is 315 g/mol. The second-order valence-corrected chi connectivity index (χ2v) is 5.09. The molecule has 1 N–H and O–H groups in total. The van der Waals surface area contributed by atoms with Crippen molar-refractivity contribution in [1.29, 1.82) is 0 Å². The molecule has 2 rings (SSSR count). The van der Waals surface area contributed by atoms with Crippen molar-refractivity contribution in [2.45, 2.75) is 0 Å². The Hall–Kier alpha value is -1.73. The number of nitrogens with one attached hydrogen (secondary N) is 1. The molecule has 0 aromatic carbocycles. The van der Waals surface area contributed by atoms with E-state index >= 15 is 0 Å². The molecule has 0 radical (unpaired) electrons. The lowest BCUT2D eigenvalue weighted by molar-refractivity contribution is -0.122. The summed E-state index contributed by atoms with van der Waals surface area (Å²) in [5, 5.41) is 2.55. The first-order valence-corrected chi connectivity index (χ1v) is 6.92. The first-order valence-electron chi connectivity index (χ1n) is 6.54. The van der Waals surface area contributed by atoms with Gasteiger partial charge < -0.3 is 10.2 Å². The third kappa shape index (κ3) is 3.89. The first kappa shape index (κ1) is 15.7. The Morgan fingerprint density at radius 3 is 2.67 bits per heavy atom. The number of hydrogen-bond acceptors (Lipinski definition) is 4. The van der Waals surface area contributed by atoms with Gasteiger partial charge in [-0.1, -0.05) is 11.6 Å². The van der Waals surface area contributed by atoms with Gasteiger partial charge in [0, 0.05) is 33.2 Å². The van der Waals surface area contributed by atoms with Crippen LogP contribution >= 0.6 is 11.6 Å². The molecule has 1 aromatic heterocycles. The second kappa shape index (κ2) is 6.82. The van der Waals surface area contributed by atoms with Gasteiger partial charge >= 0.3 is 0 Å². The van der Waals surface area contributed by atoms with E-state index < -0.39 is 5.82 Å². The highest BCUT2D eigenvalue weighted by molar-refractivity contribution is 6.32. The predicted molar refractivity (Wildman–Crippen MR) is 75.6 cm³/mol. The van der Waals surface area contributed by atoms with Crippen LogP contribution in [0.15, 0.2) is 12.3 Å². The molecular formula is C13H16ClFN4O2. The number of nitrogens with zero attached hydrogens (tertiary/aromatic N) is 3. The molecule has 0 aliphatic carbocycles. The van der Waals surface area contributed by atoms with Gasteiger partial charge in [0.05, 0.1) is 18.3 Å². The number of rotatable bonds is 3. The van der Waals surface area contributed by atoms with E-state index in [0.717, 1.165) is 12.3 Å². The van der Waals surface area contributed by atoms with Crippen molar-refractivity contribution in [3.63, 3.8) is 0 Å². The van der Waals surface area contributed by atoms with Crippen molar-refractivity contribution in [3.05, 3.63) is 28.8 Å². The molecular weight excluding hydrogens is 299 g/mol. The van der Waals surface area contributed by atoms with E-state index in [1.54, 1.807) is 11.9 Å². The number of carbonyl (C=O) groups excluding carboxylic acids is 2. The van der Waals surface area contributed by atoms with Crippen molar-refractivity contribution in [3.8, 4) is 0 Å². The summed E-state index contributed by atoms with van der Waals surface area (Å²) in [5.74, 6) is -1.00. The van der Waals surface area contributed by atoms with E-state index in [4.69, 9.17) is 11.6 Å². The lowest BCUT2D eigenvalue weighted by Crippen LogP contribution is -2.51. The van der Waals surface area contributed by atoms with Gasteiger partial charge in [0.25, 0.3) is 5.91 Å². The number of amides is 2. The van der Waals surface area contributed by atoms with Crippen molar-refractivity contribution in [1.82, 2.24) is 20.1 Å². The summed E-state index contributed by atoms with van der Waals surface area (Å²) < 4.78 is 13.2. The zero-order valence-electron chi connectivity index (χ0n) is 11.6. The number of carbonyl (C=O) groups is 2. The molecule has 8 heteroatoms. The molecule has 1 aliphatic heterocycles. The molecule has 1 fully saturated rings. The Morgan fingerprint density at radius 2 is 2.05 bits per heavy atom. The molecule has 0 spiro atoms. The van der Waals surface area contributed by atoms with E-state index in [1.807, 2.05) is 4.90 Å². The Labute approximate surface area is 126 Å². The van der Waals surface area contributed by atoms with E-state index in [-0.39, 0.29) is 22.5 Å². The van der Waals surface area contributed by atoms with E-state index in [9.17, 15) is 14.0 Å². The van der Waals surface area contributed by atoms with Gasteiger partial charge in [0.2, 0.25) is 5.91 Å². The highest BCUT2D eigenvalue weighted by Gasteiger charge is 2.25. The van der Waals surface area contributed by atoms with E-state index in [1.165, 1.54) is 0 Å². The van der Waals surface area contributed by atoms with Crippen LogP contribution in [0.1, 0.15) is 10.4 Å². The minimum atomic E-state index is -0.596. The van der Waals surface area contributed by atoms with Crippen LogP contribution < -0.4 is 5.32 Å². The molecule has 2 amide bonds. The van der Waals surface area contributed by atoms with Crippen LogP contribution in [0.5, 0.6) is 0 Å². The van der Waals surface area contributed by atoms with Gasteiger partial charge in [-0.05, 0) is 6.07 Å². The van der Waals surface area contributed by atoms with Crippen molar-refractivity contribution < 1.29 is 14.0 Å². The Bertz CT molecular complexity index is 547. The lowest BCUT2D eigenvalue weighted by Gasteiger charge is -2.34. The van der Waals surface area contributed by atoms with Crippen LogP contribution in [-0.4, -0.2) is 66.4 Å². The number of likely N-dealkylation sites (N-methyl/N-ethyl adjacent to an activating group) is 1. The van der Waals surface area contributed by atoms with Gasteiger partial charge in [-0.15, -0.1) is 0 Å². The molecule has 0 bridgehead atoms. The summed E-state index contributed by atoms with van der Waals surface area (Å²) in [6, 6.07) is 1.09. The molecule has 0 unspecified atom stereocenters. The fourth-order valence-electron chi connectivity index (χ4n) is 2.13. The number of pyridine rings is 1. The topological polar surface area (TPSA) is 65.5 Å². The summed E-state index contributed by atoms with van der Waals surface area (Å²) in [6.45, 7) is 2.39. The number of aromatic nitrogens is 1. The molecule has 114 valence electrons. The number of halogens is 2. The molecule has 1 aliphatic rings. The summed E-state index contributed by atoms with van der Waals surface area (Å²) in [5.41, 5.74) is 0.0661. The smallest absolute Gasteiger partial charge is 0.257 e. The SMILES string of the molecule is CNC(=O)CN1CCN(C(=O)c2cc(F)cnc2Cl)CC1. The minimum absolute atomic E-state index is 0.00538. The van der Waals surface area contributed by atoms with Crippen LogP contribution in [-0.2, 0) is 4.79 Å². The second-order valence-electron chi connectivity index (χ2n) is 4.73. The van der Waals surface area contributed by atoms with Gasteiger partial charge in [-0.25, -0.2) is 9.37 Å². The number of hydrogen-bond donors (Lipinski definition) is 1. The molecule has 6 nitrogen and oxygen atoms in total. The maximum atomic E-state index is 13.2. The number of piperazine rings is 1. The quantitative estimate of drug-likeness (QED) is 0.819. The van der Waals surface area contributed by atoms with Crippen molar-refractivity contribution >= 4 is 23.4 Å². The third-order valence-electron chi connectivity index (χ3n) is 3.34. The fourth-order valence-corrected chi connectivity index (χ4v) is 2.32. The summed E-state index contributed by atoms with van der Waals surface area (Å²) in [7, 11) is 1.58.